The Kier molecular flexibility index (Phi) is 4.24. The van der Waals surface area contributed by atoms with E-state index in [2.05, 4.69) is 16.6 Å². The second-order valence-corrected chi connectivity index (χ2v) is 5.40. The van der Waals surface area contributed by atoms with E-state index in [9.17, 15) is 0 Å². The van der Waals surface area contributed by atoms with Crippen molar-refractivity contribution in [2.24, 2.45) is 13.0 Å². The van der Waals surface area contributed by atoms with E-state index in [1.165, 1.54) is 31.2 Å². The smallest absolute Gasteiger partial charge is 0.0534 e. The molecule has 0 amide bonds. The Morgan fingerprint density at radius 1 is 1.56 bits per heavy atom. The molecule has 2 unspecified atom stereocenters. The van der Waals surface area contributed by atoms with Crippen molar-refractivity contribution < 1.29 is 0 Å². The third-order valence-electron chi connectivity index (χ3n) is 3.24. The van der Waals surface area contributed by atoms with Crippen LogP contribution in [0.5, 0.6) is 0 Å². The average molecular weight is 242 g/mol. The minimum Gasteiger partial charge on any atom is -0.312 e. The van der Waals surface area contributed by atoms with E-state index < -0.39 is 0 Å². The van der Waals surface area contributed by atoms with E-state index in [0.717, 1.165) is 19.0 Å². The lowest BCUT2D eigenvalue weighted by molar-refractivity contribution is 0.346. The highest BCUT2D eigenvalue weighted by Crippen LogP contribution is 2.27. The van der Waals surface area contributed by atoms with E-state index >= 15 is 0 Å². The summed E-state index contributed by atoms with van der Waals surface area (Å²) in [6, 6.07) is 0. The van der Waals surface area contributed by atoms with E-state index in [0.29, 0.717) is 5.38 Å². The predicted octanol–water partition coefficient (Wildman–Crippen LogP) is 2.31. The zero-order valence-corrected chi connectivity index (χ0v) is 10.6. The average Bonchev–Trinajstić information content (AvgIpc) is 2.64. The normalized spacial score (nSPS) is 25.9. The molecule has 0 spiro atoms. The molecular weight excluding hydrogens is 222 g/mol. The van der Waals surface area contributed by atoms with Crippen molar-refractivity contribution in [1.82, 2.24) is 15.1 Å². The van der Waals surface area contributed by atoms with Gasteiger partial charge in [-0.15, -0.1) is 11.6 Å². The Morgan fingerprint density at radius 2 is 2.44 bits per heavy atom. The molecular formula is C12H20ClN3. The lowest BCUT2D eigenvalue weighted by atomic mass is 9.89. The first kappa shape index (κ1) is 11.9. The van der Waals surface area contributed by atoms with Crippen LogP contribution in [0.4, 0.5) is 0 Å². The lowest BCUT2D eigenvalue weighted by Crippen LogP contribution is -2.27. The van der Waals surface area contributed by atoms with Crippen molar-refractivity contribution in [2.75, 3.05) is 6.54 Å². The maximum atomic E-state index is 6.17. The fourth-order valence-corrected chi connectivity index (χ4v) is 2.80. The highest BCUT2D eigenvalue weighted by Gasteiger charge is 2.19. The fourth-order valence-electron chi connectivity index (χ4n) is 2.39. The Balaban J connectivity index is 1.67. The molecule has 1 aromatic heterocycles. The molecule has 0 bridgehead atoms. The second kappa shape index (κ2) is 5.69. The van der Waals surface area contributed by atoms with Crippen molar-refractivity contribution in [3.8, 4) is 0 Å². The van der Waals surface area contributed by atoms with Gasteiger partial charge in [0, 0.05) is 30.7 Å². The second-order valence-electron chi connectivity index (χ2n) is 4.78. The van der Waals surface area contributed by atoms with Crippen LogP contribution in [0.3, 0.4) is 0 Å². The van der Waals surface area contributed by atoms with Gasteiger partial charge >= 0.3 is 0 Å². The van der Waals surface area contributed by atoms with Crippen LogP contribution in [0.1, 0.15) is 31.2 Å². The van der Waals surface area contributed by atoms with Gasteiger partial charge in [0.2, 0.25) is 0 Å². The number of aryl methyl sites for hydroxylation is 1. The molecule has 2 rings (SSSR count). The molecule has 4 heteroatoms. The number of nitrogens with zero attached hydrogens (tertiary/aromatic N) is 2. The molecule has 1 aromatic rings. The largest absolute Gasteiger partial charge is 0.312 e. The summed E-state index contributed by atoms with van der Waals surface area (Å²) in [5.74, 6) is 0.757. The first-order valence-electron chi connectivity index (χ1n) is 6.06. The third kappa shape index (κ3) is 3.49. The Labute approximate surface area is 102 Å². The summed E-state index contributed by atoms with van der Waals surface area (Å²) >= 11 is 6.17. The molecule has 1 aliphatic rings. The van der Waals surface area contributed by atoms with Gasteiger partial charge in [0.05, 0.1) is 6.20 Å². The van der Waals surface area contributed by atoms with E-state index in [-0.39, 0.29) is 0 Å². The maximum absolute atomic E-state index is 6.17. The minimum atomic E-state index is 0.402. The monoisotopic (exact) mass is 241 g/mol. The highest BCUT2D eigenvalue weighted by atomic mass is 35.5. The highest BCUT2D eigenvalue weighted by molar-refractivity contribution is 6.20. The molecule has 1 heterocycles. The molecule has 1 saturated carbocycles. The third-order valence-corrected chi connectivity index (χ3v) is 3.64. The summed E-state index contributed by atoms with van der Waals surface area (Å²) in [7, 11) is 1.95. The number of hydrogen-bond acceptors (Lipinski definition) is 2. The first-order valence-corrected chi connectivity index (χ1v) is 6.50. The van der Waals surface area contributed by atoms with E-state index in [1.54, 1.807) is 0 Å². The quantitative estimate of drug-likeness (QED) is 0.820. The molecule has 1 fully saturated rings. The van der Waals surface area contributed by atoms with E-state index in [1.807, 2.05) is 17.9 Å². The van der Waals surface area contributed by atoms with Crippen molar-refractivity contribution >= 4 is 11.6 Å². The number of halogens is 1. The van der Waals surface area contributed by atoms with E-state index in [4.69, 9.17) is 11.6 Å². The van der Waals surface area contributed by atoms with Gasteiger partial charge < -0.3 is 5.32 Å². The summed E-state index contributed by atoms with van der Waals surface area (Å²) in [6.07, 6.45) is 8.94. The van der Waals surface area contributed by atoms with Crippen molar-refractivity contribution in [2.45, 2.75) is 37.6 Å². The molecule has 0 aromatic carbocycles. The summed E-state index contributed by atoms with van der Waals surface area (Å²) in [5, 5.41) is 8.04. The molecule has 0 radical (unpaired) electrons. The summed E-state index contributed by atoms with van der Waals surface area (Å²) in [6.45, 7) is 2.00. The van der Waals surface area contributed by atoms with Crippen LogP contribution < -0.4 is 5.32 Å². The SMILES string of the molecule is Cn1cc(CNCC2CCCC(Cl)C2)cn1. The standard InChI is InChI=1S/C12H20ClN3/c1-16-9-11(8-15-16)7-14-6-10-3-2-4-12(13)5-10/h8-10,12,14H,2-7H2,1H3. The zero-order chi connectivity index (χ0) is 11.4. The molecule has 0 aliphatic heterocycles. The van der Waals surface area contributed by atoms with Gasteiger partial charge in [-0.05, 0) is 31.7 Å². The summed E-state index contributed by atoms with van der Waals surface area (Å²) in [5.41, 5.74) is 1.25. The van der Waals surface area contributed by atoms with Crippen LogP contribution in [-0.4, -0.2) is 21.7 Å². The van der Waals surface area contributed by atoms with Crippen LogP contribution in [-0.2, 0) is 13.6 Å². The molecule has 90 valence electrons. The summed E-state index contributed by atoms with van der Waals surface area (Å²) < 4.78 is 1.84. The molecule has 16 heavy (non-hydrogen) atoms. The maximum Gasteiger partial charge on any atom is 0.0534 e. The predicted molar refractivity (Wildman–Crippen MR) is 66.5 cm³/mol. The number of rotatable bonds is 4. The minimum absolute atomic E-state index is 0.402. The number of nitrogens with one attached hydrogen (secondary N) is 1. The van der Waals surface area contributed by atoms with Gasteiger partial charge in [0.1, 0.15) is 0 Å². The molecule has 3 nitrogen and oxygen atoms in total. The van der Waals surface area contributed by atoms with Gasteiger partial charge in [0.25, 0.3) is 0 Å². The van der Waals surface area contributed by atoms with Crippen LogP contribution in [0, 0.1) is 5.92 Å². The van der Waals surface area contributed by atoms with Gasteiger partial charge in [-0.2, -0.15) is 5.10 Å². The van der Waals surface area contributed by atoms with Crippen LogP contribution >= 0.6 is 11.6 Å². The van der Waals surface area contributed by atoms with Gasteiger partial charge in [-0.25, -0.2) is 0 Å². The fraction of sp³-hybridized carbons (Fsp3) is 0.750. The lowest BCUT2D eigenvalue weighted by Gasteiger charge is -2.25. The Morgan fingerprint density at radius 3 is 3.12 bits per heavy atom. The van der Waals surface area contributed by atoms with Crippen LogP contribution in [0.15, 0.2) is 12.4 Å². The van der Waals surface area contributed by atoms with Crippen LogP contribution in [0.2, 0.25) is 0 Å². The van der Waals surface area contributed by atoms with Gasteiger partial charge in [-0.1, -0.05) is 6.42 Å². The van der Waals surface area contributed by atoms with Crippen molar-refractivity contribution in [3.63, 3.8) is 0 Å². The summed E-state index contributed by atoms with van der Waals surface area (Å²) in [4.78, 5) is 0. The van der Waals surface area contributed by atoms with Gasteiger partial charge in [0.15, 0.2) is 0 Å². The van der Waals surface area contributed by atoms with Gasteiger partial charge in [-0.3, -0.25) is 4.68 Å². The zero-order valence-electron chi connectivity index (χ0n) is 9.82. The molecule has 1 N–H and O–H groups in total. The number of alkyl halides is 1. The molecule has 1 aliphatic carbocycles. The molecule has 2 atom stereocenters. The molecule has 0 saturated heterocycles. The Hall–Kier alpha value is -0.540. The number of aromatic nitrogens is 2. The van der Waals surface area contributed by atoms with Crippen molar-refractivity contribution in [3.05, 3.63) is 18.0 Å². The topological polar surface area (TPSA) is 29.9 Å². The first-order chi connectivity index (χ1) is 7.74. The van der Waals surface area contributed by atoms with Crippen LogP contribution in [0.25, 0.3) is 0 Å². The van der Waals surface area contributed by atoms with Crippen molar-refractivity contribution in [1.29, 1.82) is 0 Å². The Bertz CT molecular complexity index is 324. The number of hydrogen-bond donors (Lipinski definition) is 1.